The molecule has 3 nitrogen and oxygen atoms in total. The van der Waals surface area contributed by atoms with E-state index in [1.54, 1.807) is 7.05 Å². The molecule has 18 heavy (non-hydrogen) atoms. The Balaban J connectivity index is 2.15. The standard InChI is InChI=1S/C13H17F2NO2/c1-16(7-10-3-2-4-18-10)13-11(14)5-9(8-17)6-12(13)15/h5-6,10,17H,2-4,7-8H2,1H3. The van der Waals surface area contributed by atoms with Gasteiger partial charge in [-0.1, -0.05) is 0 Å². The highest BCUT2D eigenvalue weighted by Gasteiger charge is 2.21. The molecule has 0 saturated carbocycles. The largest absolute Gasteiger partial charge is 0.392 e. The van der Waals surface area contributed by atoms with Crippen LogP contribution in [0.1, 0.15) is 18.4 Å². The van der Waals surface area contributed by atoms with E-state index in [9.17, 15) is 8.78 Å². The zero-order valence-corrected chi connectivity index (χ0v) is 10.3. The van der Waals surface area contributed by atoms with Crippen molar-refractivity contribution in [3.8, 4) is 0 Å². The molecular formula is C13H17F2NO2. The van der Waals surface area contributed by atoms with E-state index in [0.29, 0.717) is 13.2 Å². The maximum atomic E-state index is 13.8. The van der Waals surface area contributed by atoms with E-state index in [1.807, 2.05) is 0 Å². The second-order valence-electron chi connectivity index (χ2n) is 4.58. The average Bonchev–Trinajstić information content (AvgIpc) is 2.80. The molecule has 1 N–H and O–H groups in total. The summed E-state index contributed by atoms with van der Waals surface area (Å²) in [6.07, 6.45) is 1.95. The first-order valence-electron chi connectivity index (χ1n) is 6.03. The minimum absolute atomic E-state index is 0.0336. The molecule has 1 aliphatic heterocycles. The number of anilines is 1. The molecule has 0 radical (unpaired) electrons. The minimum Gasteiger partial charge on any atom is -0.392 e. The smallest absolute Gasteiger partial charge is 0.149 e. The van der Waals surface area contributed by atoms with Gasteiger partial charge >= 0.3 is 0 Å². The molecule has 5 heteroatoms. The lowest BCUT2D eigenvalue weighted by Crippen LogP contribution is -2.30. The highest BCUT2D eigenvalue weighted by molar-refractivity contribution is 5.50. The first-order chi connectivity index (χ1) is 8.61. The number of halogens is 2. The highest BCUT2D eigenvalue weighted by Crippen LogP contribution is 2.25. The van der Waals surface area contributed by atoms with Crippen molar-refractivity contribution in [1.82, 2.24) is 0 Å². The third-order valence-electron chi connectivity index (χ3n) is 3.14. The van der Waals surface area contributed by atoms with Crippen LogP contribution in [0.3, 0.4) is 0 Å². The summed E-state index contributed by atoms with van der Waals surface area (Å²) in [7, 11) is 1.64. The van der Waals surface area contributed by atoms with Crippen molar-refractivity contribution in [2.45, 2.75) is 25.6 Å². The number of hydrogen-bond acceptors (Lipinski definition) is 3. The van der Waals surface area contributed by atoms with Crippen molar-refractivity contribution in [3.05, 3.63) is 29.3 Å². The van der Waals surface area contributed by atoms with Gasteiger partial charge in [0.05, 0.1) is 12.7 Å². The Bertz CT molecular complexity index is 396. The van der Waals surface area contributed by atoms with Gasteiger partial charge in [-0.25, -0.2) is 8.78 Å². The van der Waals surface area contributed by atoms with E-state index >= 15 is 0 Å². The first-order valence-corrected chi connectivity index (χ1v) is 6.03. The first kappa shape index (κ1) is 13.2. The van der Waals surface area contributed by atoms with Crippen molar-refractivity contribution in [2.75, 3.05) is 25.1 Å². The van der Waals surface area contributed by atoms with Crippen LogP contribution in [0.25, 0.3) is 0 Å². The number of hydrogen-bond donors (Lipinski definition) is 1. The Kier molecular flexibility index (Phi) is 4.14. The minimum atomic E-state index is -0.653. The molecule has 0 spiro atoms. The number of benzene rings is 1. The quantitative estimate of drug-likeness (QED) is 0.896. The summed E-state index contributed by atoms with van der Waals surface area (Å²) in [6.45, 7) is 0.808. The van der Waals surface area contributed by atoms with Gasteiger partial charge in [0.15, 0.2) is 0 Å². The van der Waals surface area contributed by atoms with Crippen LogP contribution >= 0.6 is 0 Å². The molecule has 1 atom stereocenters. The third kappa shape index (κ3) is 2.79. The van der Waals surface area contributed by atoms with Crippen LogP contribution in [0.15, 0.2) is 12.1 Å². The molecule has 100 valence electrons. The van der Waals surface area contributed by atoms with Gasteiger partial charge in [-0.05, 0) is 30.5 Å². The molecule has 0 bridgehead atoms. The van der Waals surface area contributed by atoms with E-state index < -0.39 is 11.6 Å². The van der Waals surface area contributed by atoms with Crippen molar-refractivity contribution < 1.29 is 18.6 Å². The lowest BCUT2D eigenvalue weighted by molar-refractivity contribution is 0.116. The summed E-state index contributed by atoms with van der Waals surface area (Å²) in [5.74, 6) is -1.31. The third-order valence-corrected chi connectivity index (χ3v) is 3.14. The van der Waals surface area contributed by atoms with Crippen molar-refractivity contribution >= 4 is 5.69 Å². The Morgan fingerprint density at radius 3 is 2.56 bits per heavy atom. The summed E-state index contributed by atoms with van der Waals surface area (Å²) in [6, 6.07) is 2.31. The summed E-state index contributed by atoms with van der Waals surface area (Å²) in [5.41, 5.74) is 0.168. The van der Waals surface area contributed by atoms with E-state index in [1.165, 1.54) is 4.90 Å². The zero-order valence-electron chi connectivity index (χ0n) is 10.3. The van der Waals surface area contributed by atoms with E-state index in [4.69, 9.17) is 9.84 Å². The van der Waals surface area contributed by atoms with Gasteiger partial charge in [0.2, 0.25) is 0 Å². The van der Waals surface area contributed by atoms with Crippen LogP contribution in [0.5, 0.6) is 0 Å². The SMILES string of the molecule is CN(CC1CCCO1)c1c(F)cc(CO)cc1F. The molecular weight excluding hydrogens is 240 g/mol. The number of rotatable bonds is 4. The molecule has 1 aromatic carbocycles. The zero-order chi connectivity index (χ0) is 13.1. The van der Waals surface area contributed by atoms with Gasteiger partial charge in [-0.2, -0.15) is 0 Å². The number of nitrogens with zero attached hydrogens (tertiary/aromatic N) is 1. The molecule has 1 heterocycles. The van der Waals surface area contributed by atoms with Crippen LogP contribution in [0.4, 0.5) is 14.5 Å². The van der Waals surface area contributed by atoms with Gasteiger partial charge in [0.1, 0.15) is 17.3 Å². The molecule has 1 aliphatic rings. The molecule has 2 rings (SSSR count). The van der Waals surface area contributed by atoms with Crippen LogP contribution in [-0.4, -0.2) is 31.4 Å². The van der Waals surface area contributed by atoms with Crippen molar-refractivity contribution in [1.29, 1.82) is 0 Å². The predicted octanol–water partition coefficient (Wildman–Crippen LogP) is 2.07. The predicted molar refractivity (Wildman–Crippen MR) is 64.5 cm³/mol. The van der Waals surface area contributed by atoms with Crippen LogP contribution < -0.4 is 4.90 Å². The van der Waals surface area contributed by atoms with Gasteiger partial charge < -0.3 is 14.7 Å². The lowest BCUT2D eigenvalue weighted by Gasteiger charge is -2.24. The van der Waals surface area contributed by atoms with Crippen molar-refractivity contribution in [2.24, 2.45) is 0 Å². The average molecular weight is 257 g/mol. The molecule has 0 aliphatic carbocycles. The van der Waals surface area contributed by atoms with E-state index in [-0.39, 0.29) is 24.0 Å². The Labute approximate surface area is 105 Å². The van der Waals surface area contributed by atoms with Gasteiger partial charge in [0.25, 0.3) is 0 Å². The van der Waals surface area contributed by atoms with Crippen LogP contribution in [0, 0.1) is 11.6 Å². The fourth-order valence-electron chi connectivity index (χ4n) is 2.26. The van der Waals surface area contributed by atoms with Crippen LogP contribution in [0.2, 0.25) is 0 Å². The Hall–Kier alpha value is -1.20. The number of ether oxygens (including phenoxy) is 1. The van der Waals surface area contributed by atoms with Gasteiger partial charge in [-0.15, -0.1) is 0 Å². The monoisotopic (exact) mass is 257 g/mol. The molecule has 1 unspecified atom stereocenters. The molecule has 1 aromatic rings. The molecule has 0 aromatic heterocycles. The van der Waals surface area contributed by atoms with E-state index in [2.05, 4.69) is 0 Å². The second-order valence-corrected chi connectivity index (χ2v) is 4.58. The molecule has 0 amide bonds. The summed E-state index contributed by atoms with van der Waals surface area (Å²) >= 11 is 0. The fraction of sp³-hybridized carbons (Fsp3) is 0.538. The normalized spacial score (nSPS) is 19.2. The number of likely N-dealkylation sites (N-methyl/N-ethyl adjacent to an activating group) is 1. The topological polar surface area (TPSA) is 32.7 Å². The maximum absolute atomic E-state index is 13.8. The summed E-state index contributed by atoms with van der Waals surface area (Å²) in [5, 5.41) is 8.88. The number of aliphatic hydroxyl groups is 1. The van der Waals surface area contributed by atoms with Gasteiger partial charge in [-0.3, -0.25) is 0 Å². The second kappa shape index (κ2) is 5.63. The summed E-state index contributed by atoms with van der Waals surface area (Å²) < 4.78 is 33.0. The fourth-order valence-corrected chi connectivity index (χ4v) is 2.26. The summed E-state index contributed by atoms with van der Waals surface area (Å²) in [4.78, 5) is 1.53. The Morgan fingerprint density at radius 1 is 1.39 bits per heavy atom. The highest BCUT2D eigenvalue weighted by atomic mass is 19.1. The van der Waals surface area contributed by atoms with E-state index in [0.717, 1.165) is 25.0 Å². The van der Waals surface area contributed by atoms with Gasteiger partial charge in [0, 0.05) is 20.2 Å². The molecule has 1 saturated heterocycles. The lowest BCUT2D eigenvalue weighted by atomic mass is 10.1. The van der Waals surface area contributed by atoms with Crippen molar-refractivity contribution in [3.63, 3.8) is 0 Å². The van der Waals surface area contributed by atoms with Crippen LogP contribution in [-0.2, 0) is 11.3 Å². The number of aliphatic hydroxyl groups excluding tert-OH is 1. The maximum Gasteiger partial charge on any atom is 0.149 e. The molecule has 1 fully saturated rings. The Morgan fingerprint density at radius 2 is 2.06 bits per heavy atom.